The third-order valence-corrected chi connectivity index (χ3v) is 5.54. The minimum Gasteiger partial charge on any atom is -0.352 e. The van der Waals surface area contributed by atoms with Crippen molar-refractivity contribution in [3.8, 4) is 0 Å². The summed E-state index contributed by atoms with van der Waals surface area (Å²) in [4.78, 5) is 31.2. The molecule has 1 heterocycles. The lowest BCUT2D eigenvalue weighted by Crippen LogP contribution is -2.29. The molecule has 4 aromatic rings. The Morgan fingerprint density at radius 3 is 2.36 bits per heavy atom. The number of carbonyl (C=O) groups is 2. The van der Waals surface area contributed by atoms with Gasteiger partial charge in [0.1, 0.15) is 5.82 Å². The van der Waals surface area contributed by atoms with E-state index in [0.29, 0.717) is 17.8 Å². The number of benzene rings is 3. The van der Waals surface area contributed by atoms with E-state index in [9.17, 15) is 14.0 Å². The Morgan fingerprint density at radius 1 is 0.861 bits per heavy atom. The Bertz CT molecular complexity index is 1320. The van der Waals surface area contributed by atoms with Gasteiger partial charge >= 0.3 is 0 Å². The van der Waals surface area contributed by atoms with Gasteiger partial charge in [0.25, 0.3) is 5.91 Å². The zero-order valence-electron chi connectivity index (χ0n) is 19.7. The van der Waals surface area contributed by atoms with Crippen LogP contribution in [0.15, 0.2) is 109 Å². The summed E-state index contributed by atoms with van der Waals surface area (Å²) in [5.74, 6) is -0.692. The SMILES string of the molecule is O=C(Cc1ccc(N(Cc2cccc(F)c2)C(=O)/C=C/c2ccccc2)cc1)NCc1cccnc1. The van der Waals surface area contributed by atoms with Gasteiger partial charge in [0.15, 0.2) is 0 Å². The van der Waals surface area contributed by atoms with Crippen LogP contribution in [0.5, 0.6) is 0 Å². The predicted molar refractivity (Wildman–Crippen MR) is 139 cm³/mol. The van der Waals surface area contributed by atoms with Crippen LogP contribution in [0.3, 0.4) is 0 Å². The Kier molecular flexibility index (Phi) is 8.33. The summed E-state index contributed by atoms with van der Waals surface area (Å²) in [7, 11) is 0. The van der Waals surface area contributed by atoms with Crippen molar-refractivity contribution in [2.24, 2.45) is 0 Å². The molecule has 0 aliphatic carbocycles. The van der Waals surface area contributed by atoms with Gasteiger partial charge in [-0.25, -0.2) is 4.39 Å². The highest BCUT2D eigenvalue weighted by atomic mass is 19.1. The van der Waals surface area contributed by atoms with Crippen LogP contribution in [0.25, 0.3) is 6.08 Å². The topological polar surface area (TPSA) is 62.3 Å². The summed E-state index contributed by atoms with van der Waals surface area (Å²) >= 11 is 0. The molecule has 0 aliphatic heterocycles. The minimum atomic E-state index is -0.354. The largest absolute Gasteiger partial charge is 0.352 e. The number of anilines is 1. The first-order valence-corrected chi connectivity index (χ1v) is 11.6. The zero-order chi connectivity index (χ0) is 25.2. The van der Waals surface area contributed by atoms with Crippen molar-refractivity contribution >= 4 is 23.6 Å². The molecule has 0 saturated carbocycles. The van der Waals surface area contributed by atoms with Crippen LogP contribution in [0.2, 0.25) is 0 Å². The van der Waals surface area contributed by atoms with Crippen molar-refractivity contribution in [3.63, 3.8) is 0 Å². The first-order valence-electron chi connectivity index (χ1n) is 11.6. The Hall–Kier alpha value is -4.58. The number of pyridine rings is 1. The van der Waals surface area contributed by atoms with Crippen LogP contribution in [0.4, 0.5) is 10.1 Å². The summed E-state index contributed by atoms with van der Waals surface area (Å²) in [5.41, 5.74) is 3.98. The monoisotopic (exact) mass is 479 g/mol. The molecule has 0 radical (unpaired) electrons. The standard InChI is InChI=1S/C30H26FN3O2/c31-27-10-4-8-25(18-27)22-34(30(36)16-13-23-6-2-1-3-7-23)28-14-11-24(12-15-28)19-29(35)33-21-26-9-5-17-32-20-26/h1-18,20H,19,21-22H2,(H,33,35)/b16-13+. The van der Waals surface area contributed by atoms with Gasteiger partial charge < -0.3 is 10.2 Å². The first kappa shape index (κ1) is 24.5. The smallest absolute Gasteiger partial charge is 0.251 e. The number of halogens is 1. The van der Waals surface area contributed by atoms with Crippen LogP contribution in [0, 0.1) is 5.82 Å². The molecule has 3 aromatic carbocycles. The van der Waals surface area contributed by atoms with Crippen molar-refractivity contribution in [1.29, 1.82) is 0 Å². The van der Waals surface area contributed by atoms with E-state index in [4.69, 9.17) is 0 Å². The molecule has 0 aliphatic rings. The zero-order valence-corrected chi connectivity index (χ0v) is 19.7. The summed E-state index contributed by atoms with van der Waals surface area (Å²) < 4.78 is 13.8. The molecular weight excluding hydrogens is 453 g/mol. The number of hydrogen-bond acceptors (Lipinski definition) is 3. The highest BCUT2D eigenvalue weighted by Gasteiger charge is 2.15. The highest BCUT2D eigenvalue weighted by Crippen LogP contribution is 2.20. The van der Waals surface area contributed by atoms with Gasteiger partial charge in [0, 0.05) is 30.7 Å². The average molecular weight is 480 g/mol. The average Bonchev–Trinajstić information content (AvgIpc) is 2.91. The third kappa shape index (κ3) is 7.21. The fourth-order valence-electron chi connectivity index (χ4n) is 3.68. The molecule has 0 fully saturated rings. The van der Waals surface area contributed by atoms with E-state index in [2.05, 4.69) is 10.3 Å². The van der Waals surface area contributed by atoms with Gasteiger partial charge in [0.05, 0.1) is 13.0 Å². The second kappa shape index (κ2) is 12.2. The molecule has 0 saturated heterocycles. The van der Waals surface area contributed by atoms with Crippen molar-refractivity contribution in [1.82, 2.24) is 10.3 Å². The van der Waals surface area contributed by atoms with E-state index < -0.39 is 0 Å². The third-order valence-electron chi connectivity index (χ3n) is 5.54. The number of hydrogen-bond donors (Lipinski definition) is 1. The van der Waals surface area contributed by atoms with Crippen molar-refractivity contribution in [2.75, 3.05) is 4.90 Å². The molecule has 4 rings (SSSR count). The molecule has 1 N–H and O–H groups in total. The van der Waals surface area contributed by atoms with Gasteiger partial charge in [-0.15, -0.1) is 0 Å². The quantitative estimate of drug-likeness (QED) is 0.330. The molecule has 0 unspecified atom stereocenters. The van der Waals surface area contributed by atoms with Crippen molar-refractivity contribution in [3.05, 3.63) is 138 Å². The van der Waals surface area contributed by atoms with E-state index in [1.807, 2.05) is 54.6 Å². The normalized spacial score (nSPS) is 10.8. The summed E-state index contributed by atoms with van der Waals surface area (Å²) in [5, 5.41) is 2.89. The van der Waals surface area contributed by atoms with E-state index in [1.54, 1.807) is 47.6 Å². The number of carbonyl (C=O) groups excluding carboxylic acids is 2. The predicted octanol–water partition coefficient (Wildman–Crippen LogP) is 5.33. The maximum atomic E-state index is 13.8. The summed E-state index contributed by atoms with van der Waals surface area (Å²) in [6, 6.07) is 26.7. The minimum absolute atomic E-state index is 0.106. The van der Waals surface area contributed by atoms with E-state index in [0.717, 1.165) is 16.7 Å². The van der Waals surface area contributed by atoms with E-state index in [1.165, 1.54) is 18.2 Å². The molecule has 2 amide bonds. The molecule has 0 bridgehead atoms. The van der Waals surface area contributed by atoms with Crippen LogP contribution >= 0.6 is 0 Å². The van der Waals surface area contributed by atoms with Crippen molar-refractivity contribution in [2.45, 2.75) is 19.5 Å². The number of nitrogens with one attached hydrogen (secondary N) is 1. The molecule has 6 heteroatoms. The Labute approximate surface area is 209 Å². The lowest BCUT2D eigenvalue weighted by Gasteiger charge is -2.22. The van der Waals surface area contributed by atoms with Gasteiger partial charge in [-0.05, 0) is 58.7 Å². The molecular formula is C30H26FN3O2. The van der Waals surface area contributed by atoms with Gasteiger partial charge in [0.2, 0.25) is 5.91 Å². The number of amides is 2. The number of rotatable bonds is 9. The fraction of sp³-hybridized carbons (Fsp3) is 0.100. The molecule has 5 nitrogen and oxygen atoms in total. The van der Waals surface area contributed by atoms with Crippen molar-refractivity contribution < 1.29 is 14.0 Å². The fourth-order valence-corrected chi connectivity index (χ4v) is 3.68. The molecule has 36 heavy (non-hydrogen) atoms. The van der Waals surface area contributed by atoms with Crippen LogP contribution in [0.1, 0.15) is 22.3 Å². The Balaban J connectivity index is 1.47. The lowest BCUT2D eigenvalue weighted by molar-refractivity contribution is -0.120. The van der Waals surface area contributed by atoms with Crippen LogP contribution in [-0.4, -0.2) is 16.8 Å². The Morgan fingerprint density at radius 2 is 1.64 bits per heavy atom. The molecule has 0 atom stereocenters. The lowest BCUT2D eigenvalue weighted by atomic mass is 10.1. The number of aromatic nitrogens is 1. The summed E-state index contributed by atoms with van der Waals surface area (Å²) in [6.07, 6.45) is 6.88. The van der Waals surface area contributed by atoms with Gasteiger partial charge in [-0.1, -0.05) is 60.7 Å². The second-order valence-electron chi connectivity index (χ2n) is 8.28. The molecule has 1 aromatic heterocycles. The summed E-state index contributed by atoms with van der Waals surface area (Å²) in [6.45, 7) is 0.620. The van der Waals surface area contributed by atoms with Crippen LogP contribution < -0.4 is 10.2 Å². The maximum Gasteiger partial charge on any atom is 0.251 e. The molecule has 180 valence electrons. The highest BCUT2D eigenvalue weighted by molar-refractivity contribution is 6.03. The molecule has 0 spiro atoms. The first-order chi connectivity index (χ1) is 17.6. The van der Waals surface area contributed by atoms with Gasteiger partial charge in [-0.3, -0.25) is 14.6 Å². The maximum absolute atomic E-state index is 13.8. The van der Waals surface area contributed by atoms with E-state index in [-0.39, 0.29) is 30.6 Å². The van der Waals surface area contributed by atoms with Crippen LogP contribution in [-0.2, 0) is 29.1 Å². The number of nitrogens with zero attached hydrogens (tertiary/aromatic N) is 2. The van der Waals surface area contributed by atoms with Gasteiger partial charge in [-0.2, -0.15) is 0 Å². The van der Waals surface area contributed by atoms with E-state index >= 15 is 0 Å². The second-order valence-corrected chi connectivity index (χ2v) is 8.28.